The third-order valence-corrected chi connectivity index (χ3v) is 10.1. The Hall–Kier alpha value is -0.653. The van der Waals surface area contributed by atoms with Crippen molar-refractivity contribution >= 4 is 41.3 Å². The second kappa shape index (κ2) is 8.45. The van der Waals surface area contributed by atoms with E-state index in [-0.39, 0.29) is 5.04 Å². The fraction of sp³-hybridized carbons (Fsp3) is 0.400. The minimum absolute atomic E-state index is 0.0834. The Labute approximate surface area is 155 Å². The van der Waals surface area contributed by atoms with Crippen LogP contribution in [0.3, 0.4) is 0 Å². The molecule has 2 rings (SSSR count). The van der Waals surface area contributed by atoms with Crippen LogP contribution in [-0.2, 0) is 4.43 Å². The molecule has 1 nitrogen and oxygen atoms in total. The first-order chi connectivity index (χ1) is 11.0. The zero-order chi connectivity index (χ0) is 16.8. The Morgan fingerprint density at radius 2 is 1.30 bits per heavy atom. The standard InChI is InChI=1S/C20H27IOSi/c1-20(2,3)23(22-17-11-10-16-21,18-12-6-4-7-13-18)19-14-8-5-9-15-19/h4-9,12-15H,10-11,16-17H2,1-3H3. The fourth-order valence-electron chi connectivity index (χ4n) is 3.18. The number of alkyl halides is 1. The maximum atomic E-state index is 6.80. The maximum Gasteiger partial charge on any atom is 0.261 e. The van der Waals surface area contributed by atoms with Gasteiger partial charge >= 0.3 is 0 Å². The van der Waals surface area contributed by atoms with E-state index in [9.17, 15) is 0 Å². The lowest BCUT2D eigenvalue weighted by Gasteiger charge is -2.43. The number of benzene rings is 2. The molecule has 2 aromatic carbocycles. The Kier molecular flexibility index (Phi) is 6.86. The van der Waals surface area contributed by atoms with E-state index in [1.165, 1.54) is 21.2 Å². The number of halogens is 1. The van der Waals surface area contributed by atoms with Crippen molar-refractivity contribution < 1.29 is 4.43 Å². The second-order valence-electron chi connectivity index (χ2n) is 6.91. The molecule has 0 unspecified atom stereocenters. The van der Waals surface area contributed by atoms with Crippen LogP contribution < -0.4 is 10.4 Å². The van der Waals surface area contributed by atoms with Gasteiger partial charge in [0.05, 0.1) is 0 Å². The van der Waals surface area contributed by atoms with Gasteiger partial charge < -0.3 is 4.43 Å². The molecular weight excluding hydrogens is 411 g/mol. The first-order valence-corrected chi connectivity index (χ1v) is 11.8. The highest BCUT2D eigenvalue weighted by Gasteiger charge is 2.49. The van der Waals surface area contributed by atoms with Gasteiger partial charge in [-0.3, -0.25) is 0 Å². The van der Waals surface area contributed by atoms with Gasteiger partial charge in [0.15, 0.2) is 0 Å². The summed E-state index contributed by atoms with van der Waals surface area (Å²) in [5.74, 6) is 0. The topological polar surface area (TPSA) is 9.23 Å². The Bertz CT molecular complexity index is 538. The van der Waals surface area contributed by atoms with E-state index in [1.54, 1.807) is 0 Å². The summed E-state index contributed by atoms with van der Waals surface area (Å²) in [6.45, 7) is 7.84. The molecule has 124 valence electrons. The molecule has 0 aromatic heterocycles. The van der Waals surface area contributed by atoms with Gasteiger partial charge in [0.2, 0.25) is 0 Å². The maximum absolute atomic E-state index is 6.80. The summed E-state index contributed by atoms with van der Waals surface area (Å²) in [6, 6.07) is 21.7. The lowest BCUT2D eigenvalue weighted by molar-refractivity contribution is 0.291. The zero-order valence-corrected chi connectivity index (χ0v) is 17.5. The van der Waals surface area contributed by atoms with Crippen molar-refractivity contribution in [2.45, 2.75) is 38.7 Å². The molecule has 0 saturated heterocycles. The van der Waals surface area contributed by atoms with Gasteiger partial charge in [0, 0.05) is 6.61 Å². The number of unbranched alkanes of at least 4 members (excludes halogenated alkanes) is 1. The Morgan fingerprint density at radius 3 is 1.70 bits per heavy atom. The van der Waals surface area contributed by atoms with Crippen LogP contribution in [0.2, 0.25) is 5.04 Å². The molecule has 3 heteroatoms. The fourth-order valence-corrected chi connectivity index (χ4v) is 8.33. The molecule has 2 aromatic rings. The molecule has 0 saturated carbocycles. The first kappa shape index (κ1) is 18.7. The van der Waals surface area contributed by atoms with Crippen LogP contribution in [0.1, 0.15) is 33.6 Å². The average Bonchev–Trinajstić information content (AvgIpc) is 2.55. The lowest BCUT2D eigenvalue weighted by Crippen LogP contribution is -2.66. The van der Waals surface area contributed by atoms with E-state index < -0.39 is 8.32 Å². The molecule has 0 spiro atoms. The largest absolute Gasteiger partial charge is 0.407 e. The van der Waals surface area contributed by atoms with Crippen LogP contribution in [-0.4, -0.2) is 19.4 Å². The number of rotatable bonds is 7. The summed E-state index contributed by atoms with van der Waals surface area (Å²) in [4.78, 5) is 0. The predicted octanol–water partition coefficient (Wildman–Crippen LogP) is 4.78. The summed E-state index contributed by atoms with van der Waals surface area (Å²) in [5.41, 5.74) is 0. The molecule has 0 aliphatic rings. The number of hydrogen-bond donors (Lipinski definition) is 0. The lowest BCUT2D eigenvalue weighted by atomic mass is 10.2. The first-order valence-electron chi connectivity index (χ1n) is 8.33. The van der Waals surface area contributed by atoms with E-state index >= 15 is 0 Å². The van der Waals surface area contributed by atoms with Gasteiger partial charge in [-0.1, -0.05) is 104 Å². The summed E-state index contributed by atoms with van der Waals surface area (Å²) >= 11 is 2.44. The average molecular weight is 438 g/mol. The van der Waals surface area contributed by atoms with Gasteiger partial charge in [-0.05, 0) is 32.7 Å². The molecule has 0 bridgehead atoms. The smallest absolute Gasteiger partial charge is 0.261 e. The highest BCUT2D eigenvalue weighted by atomic mass is 127. The molecule has 0 amide bonds. The van der Waals surface area contributed by atoms with Crippen molar-refractivity contribution in [3.05, 3.63) is 60.7 Å². The van der Waals surface area contributed by atoms with Crippen LogP contribution >= 0.6 is 22.6 Å². The highest BCUT2D eigenvalue weighted by Crippen LogP contribution is 2.36. The van der Waals surface area contributed by atoms with Crippen LogP contribution in [0, 0.1) is 0 Å². The quantitative estimate of drug-likeness (QED) is 0.262. The van der Waals surface area contributed by atoms with E-state index in [1.807, 2.05) is 0 Å². The van der Waals surface area contributed by atoms with E-state index in [4.69, 9.17) is 4.43 Å². The summed E-state index contributed by atoms with van der Waals surface area (Å²) < 4.78 is 8.00. The molecule has 0 aliphatic carbocycles. The summed E-state index contributed by atoms with van der Waals surface area (Å²) in [6.07, 6.45) is 2.35. The minimum Gasteiger partial charge on any atom is -0.407 e. The van der Waals surface area contributed by atoms with Gasteiger partial charge in [-0.2, -0.15) is 0 Å². The van der Waals surface area contributed by atoms with Gasteiger partial charge in [-0.25, -0.2) is 0 Å². The second-order valence-corrected chi connectivity index (χ2v) is 12.3. The SMILES string of the molecule is CC(C)(C)[Si](OCCCCI)(c1ccccc1)c1ccccc1. The van der Waals surface area contributed by atoms with Gasteiger partial charge in [-0.15, -0.1) is 0 Å². The monoisotopic (exact) mass is 438 g/mol. The Balaban J connectivity index is 2.51. The molecule has 0 fully saturated rings. The molecule has 0 aliphatic heterocycles. The van der Waals surface area contributed by atoms with Crippen molar-refractivity contribution in [1.82, 2.24) is 0 Å². The van der Waals surface area contributed by atoms with Crippen LogP contribution in [0.25, 0.3) is 0 Å². The molecule has 0 radical (unpaired) electrons. The summed E-state index contributed by atoms with van der Waals surface area (Å²) in [7, 11) is -2.30. The van der Waals surface area contributed by atoms with Gasteiger partial charge in [0.1, 0.15) is 0 Å². The van der Waals surface area contributed by atoms with Crippen molar-refractivity contribution in [2.75, 3.05) is 11.0 Å². The molecule has 23 heavy (non-hydrogen) atoms. The van der Waals surface area contributed by atoms with E-state index in [0.29, 0.717) is 0 Å². The highest BCUT2D eigenvalue weighted by molar-refractivity contribution is 14.1. The van der Waals surface area contributed by atoms with Crippen molar-refractivity contribution in [3.8, 4) is 0 Å². The van der Waals surface area contributed by atoms with Crippen LogP contribution in [0.5, 0.6) is 0 Å². The molecular formula is C20H27IOSi. The zero-order valence-electron chi connectivity index (χ0n) is 14.4. The molecule has 0 heterocycles. The number of hydrogen-bond acceptors (Lipinski definition) is 1. The van der Waals surface area contributed by atoms with Crippen LogP contribution in [0.4, 0.5) is 0 Å². The Morgan fingerprint density at radius 1 is 0.826 bits per heavy atom. The normalized spacial score (nSPS) is 12.3. The van der Waals surface area contributed by atoms with Gasteiger partial charge in [0.25, 0.3) is 8.32 Å². The third kappa shape index (κ3) is 4.25. The van der Waals surface area contributed by atoms with Crippen molar-refractivity contribution in [1.29, 1.82) is 0 Å². The van der Waals surface area contributed by atoms with E-state index in [2.05, 4.69) is 104 Å². The third-order valence-electron chi connectivity index (χ3n) is 4.26. The van der Waals surface area contributed by atoms with Crippen LogP contribution in [0.15, 0.2) is 60.7 Å². The molecule has 0 atom stereocenters. The van der Waals surface area contributed by atoms with Crippen molar-refractivity contribution in [2.24, 2.45) is 0 Å². The summed E-state index contributed by atoms with van der Waals surface area (Å²) in [5, 5.41) is 2.82. The predicted molar refractivity (Wildman–Crippen MR) is 112 cm³/mol. The van der Waals surface area contributed by atoms with Crippen molar-refractivity contribution in [3.63, 3.8) is 0 Å². The van der Waals surface area contributed by atoms with E-state index in [0.717, 1.165) is 13.0 Å². The minimum atomic E-state index is -2.30. The molecule has 0 N–H and O–H groups in total.